The van der Waals surface area contributed by atoms with Crippen molar-refractivity contribution in [2.75, 3.05) is 0 Å². The van der Waals surface area contributed by atoms with Crippen LogP contribution in [0.25, 0.3) is 0 Å². The summed E-state index contributed by atoms with van der Waals surface area (Å²) in [4.78, 5) is 11.9. The van der Waals surface area contributed by atoms with E-state index >= 15 is 0 Å². The fourth-order valence-electron chi connectivity index (χ4n) is 1.58. The van der Waals surface area contributed by atoms with Gasteiger partial charge in [0.2, 0.25) is 0 Å². The molecule has 0 bridgehead atoms. The molecule has 0 spiro atoms. The van der Waals surface area contributed by atoms with Gasteiger partial charge >= 0.3 is 6.18 Å². The Bertz CT molecular complexity index is 531. The molecule has 1 rings (SSSR count). The zero-order chi connectivity index (χ0) is 15.5. The molecule has 1 aromatic rings. The number of alkyl halides is 3. The SMILES string of the molecule is CC(CC(N)=S)NC(=O)c1cccc(C(F)(F)F)c1F. The summed E-state index contributed by atoms with van der Waals surface area (Å²) in [6, 6.07) is 2.02. The third kappa shape index (κ3) is 4.16. The van der Waals surface area contributed by atoms with Crippen molar-refractivity contribution in [3.05, 3.63) is 35.1 Å². The van der Waals surface area contributed by atoms with Crippen molar-refractivity contribution in [2.24, 2.45) is 5.73 Å². The smallest absolute Gasteiger partial charge is 0.393 e. The van der Waals surface area contributed by atoms with Crippen molar-refractivity contribution in [1.82, 2.24) is 5.32 Å². The minimum atomic E-state index is -4.86. The molecule has 0 aliphatic carbocycles. The van der Waals surface area contributed by atoms with Crippen LogP contribution in [0, 0.1) is 5.82 Å². The van der Waals surface area contributed by atoms with E-state index in [2.05, 4.69) is 17.5 Å². The molecule has 1 aromatic carbocycles. The molecule has 0 fully saturated rings. The Kier molecular flexibility index (Phi) is 5.04. The summed E-state index contributed by atoms with van der Waals surface area (Å²) in [6.07, 6.45) is -4.69. The number of hydrogen-bond acceptors (Lipinski definition) is 2. The first-order valence-electron chi connectivity index (χ1n) is 5.57. The zero-order valence-corrected chi connectivity index (χ0v) is 11.2. The molecule has 0 heterocycles. The van der Waals surface area contributed by atoms with Crippen molar-refractivity contribution >= 4 is 23.1 Å². The maximum Gasteiger partial charge on any atom is 0.419 e. The van der Waals surface area contributed by atoms with Crippen molar-refractivity contribution < 1.29 is 22.4 Å². The van der Waals surface area contributed by atoms with Gasteiger partial charge in [-0.3, -0.25) is 4.79 Å². The van der Waals surface area contributed by atoms with Gasteiger partial charge in [-0.05, 0) is 19.1 Å². The van der Waals surface area contributed by atoms with Crippen molar-refractivity contribution in [2.45, 2.75) is 25.6 Å². The van der Waals surface area contributed by atoms with Crippen LogP contribution in [-0.4, -0.2) is 16.9 Å². The van der Waals surface area contributed by atoms with E-state index in [-0.39, 0.29) is 11.4 Å². The normalized spacial score (nSPS) is 12.8. The second-order valence-corrected chi connectivity index (χ2v) is 4.73. The van der Waals surface area contributed by atoms with Gasteiger partial charge in [0.15, 0.2) is 0 Å². The highest BCUT2D eigenvalue weighted by Crippen LogP contribution is 2.32. The number of thiocarbonyl (C=S) groups is 1. The van der Waals surface area contributed by atoms with Gasteiger partial charge in [0.1, 0.15) is 5.82 Å². The highest BCUT2D eigenvalue weighted by Gasteiger charge is 2.35. The van der Waals surface area contributed by atoms with Gasteiger partial charge in [0.25, 0.3) is 5.91 Å². The van der Waals surface area contributed by atoms with Gasteiger partial charge < -0.3 is 11.1 Å². The summed E-state index contributed by atoms with van der Waals surface area (Å²) in [5.41, 5.74) is 3.13. The Labute approximate surface area is 118 Å². The number of carbonyl (C=O) groups is 1. The molecule has 1 atom stereocenters. The van der Waals surface area contributed by atoms with Gasteiger partial charge in [-0.25, -0.2) is 4.39 Å². The monoisotopic (exact) mass is 308 g/mol. The Morgan fingerprint density at radius 3 is 2.55 bits per heavy atom. The Hall–Kier alpha value is -1.70. The lowest BCUT2D eigenvalue weighted by molar-refractivity contribution is -0.140. The van der Waals surface area contributed by atoms with E-state index in [1.807, 2.05) is 0 Å². The lowest BCUT2D eigenvalue weighted by Gasteiger charge is -2.15. The molecule has 110 valence electrons. The minimum Gasteiger partial charge on any atom is -0.393 e. The summed E-state index contributed by atoms with van der Waals surface area (Å²) < 4.78 is 51.3. The fourth-order valence-corrected chi connectivity index (χ4v) is 1.83. The maximum atomic E-state index is 13.7. The molecular weight excluding hydrogens is 296 g/mol. The van der Waals surface area contributed by atoms with E-state index in [4.69, 9.17) is 5.73 Å². The third-order valence-corrected chi connectivity index (χ3v) is 2.60. The first-order chi connectivity index (χ1) is 9.12. The van der Waals surface area contributed by atoms with Crippen LogP contribution in [0.4, 0.5) is 17.6 Å². The summed E-state index contributed by atoms with van der Waals surface area (Å²) in [5, 5.41) is 2.33. The van der Waals surface area contributed by atoms with Gasteiger partial charge in [0, 0.05) is 12.5 Å². The maximum absolute atomic E-state index is 13.7. The van der Waals surface area contributed by atoms with Crippen LogP contribution in [0.15, 0.2) is 18.2 Å². The molecule has 0 saturated carbocycles. The molecule has 3 nitrogen and oxygen atoms in total. The number of rotatable bonds is 4. The van der Waals surface area contributed by atoms with Gasteiger partial charge in [-0.15, -0.1) is 0 Å². The topological polar surface area (TPSA) is 55.1 Å². The van der Waals surface area contributed by atoms with E-state index in [0.29, 0.717) is 6.07 Å². The number of halogens is 4. The first kappa shape index (κ1) is 16.4. The van der Waals surface area contributed by atoms with Crippen LogP contribution >= 0.6 is 12.2 Å². The number of carbonyl (C=O) groups excluding carboxylic acids is 1. The minimum absolute atomic E-state index is 0.141. The van der Waals surface area contributed by atoms with Crippen molar-refractivity contribution in [3.63, 3.8) is 0 Å². The standard InChI is InChI=1S/C12H12F4N2OS/c1-6(5-9(17)20)18-11(19)7-3-2-4-8(10(7)13)12(14,15)16/h2-4,6H,5H2,1H3,(H2,17,20)(H,18,19). The molecule has 3 N–H and O–H groups in total. The van der Waals surface area contributed by atoms with E-state index in [0.717, 1.165) is 12.1 Å². The van der Waals surface area contributed by atoms with E-state index in [9.17, 15) is 22.4 Å². The molecule has 0 aliphatic heterocycles. The molecular formula is C12H12F4N2OS. The first-order valence-corrected chi connectivity index (χ1v) is 5.98. The summed E-state index contributed by atoms with van der Waals surface area (Å²) >= 11 is 4.64. The Morgan fingerprint density at radius 2 is 2.05 bits per heavy atom. The largest absolute Gasteiger partial charge is 0.419 e. The van der Waals surface area contributed by atoms with Gasteiger partial charge in [-0.1, -0.05) is 18.3 Å². The van der Waals surface area contributed by atoms with E-state index in [1.165, 1.54) is 0 Å². The number of benzene rings is 1. The molecule has 1 amide bonds. The molecule has 20 heavy (non-hydrogen) atoms. The summed E-state index contributed by atoms with van der Waals surface area (Å²) in [6.45, 7) is 1.56. The fraction of sp³-hybridized carbons (Fsp3) is 0.333. The van der Waals surface area contributed by atoms with Crippen LogP contribution in [0.1, 0.15) is 29.3 Å². The van der Waals surface area contributed by atoms with Crippen molar-refractivity contribution in [1.29, 1.82) is 0 Å². The summed E-state index contributed by atoms with van der Waals surface area (Å²) in [5.74, 6) is -2.54. The third-order valence-electron chi connectivity index (χ3n) is 2.43. The quantitative estimate of drug-likeness (QED) is 0.664. The van der Waals surface area contributed by atoms with Crippen LogP contribution < -0.4 is 11.1 Å². The van der Waals surface area contributed by atoms with Gasteiger partial charge in [0.05, 0.1) is 16.1 Å². The lowest BCUT2D eigenvalue weighted by Crippen LogP contribution is -2.36. The zero-order valence-electron chi connectivity index (χ0n) is 10.4. The second-order valence-electron chi connectivity index (χ2n) is 4.21. The molecule has 0 aromatic heterocycles. The highest BCUT2D eigenvalue weighted by molar-refractivity contribution is 7.80. The molecule has 0 aliphatic rings. The molecule has 8 heteroatoms. The number of amides is 1. The predicted octanol–water partition coefficient (Wildman–Crippen LogP) is 2.64. The molecule has 0 radical (unpaired) electrons. The van der Waals surface area contributed by atoms with Crippen LogP contribution in [0.2, 0.25) is 0 Å². The Morgan fingerprint density at radius 1 is 1.45 bits per heavy atom. The summed E-state index contributed by atoms with van der Waals surface area (Å²) in [7, 11) is 0. The second kappa shape index (κ2) is 6.17. The Balaban J connectivity index is 2.97. The van der Waals surface area contributed by atoms with Crippen LogP contribution in [0.5, 0.6) is 0 Å². The lowest BCUT2D eigenvalue weighted by atomic mass is 10.1. The van der Waals surface area contributed by atoms with Crippen LogP contribution in [-0.2, 0) is 6.18 Å². The van der Waals surface area contributed by atoms with Gasteiger partial charge in [-0.2, -0.15) is 13.2 Å². The van der Waals surface area contributed by atoms with Crippen molar-refractivity contribution in [3.8, 4) is 0 Å². The predicted molar refractivity (Wildman–Crippen MR) is 69.7 cm³/mol. The van der Waals surface area contributed by atoms with E-state index in [1.54, 1.807) is 6.92 Å². The van der Waals surface area contributed by atoms with Crippen LogP contribution in [0.3, 0.4) is 0 Å². The van der Waals surface area contributed by atoms with E-state index < -0.39 is 35.1 Å². The average molecular weight is 308 g/mol. The molecule has 1 unspecified atom stereocenters. The number of nitrogens with one attached hydrogen (secondary N) is 1. The number of nitrogens with two attached hydrogens (primary N) is 1. The average Bonchev–Trinajstić information content (AvgIpc) is 2.25. The number of hydrogen-bond donors (Lipinski definition) is 2. The molecule has 0 saturated heterocycles. The highest BCUT2D eigenvalue weighted by atomic mass is 32.1.